The second kappa shape index (κ2) is 22.2. The number of unbranched alkanes of at least 4 members (excludes halogenated alkanes) is 12. The fourth-order valence-corrected chi connectivity index (χ4v) is 3.33. The zero-order valence-electron chi connectivity index (χ0n) is 18.9. The monoisotopic (exact) mass is 448 g/mol. The molecule has 0 aliphatic heterocycles. The number of carboxylic acid groups (broad SMARTS) is 1. The first-order chi connectivity index (χ1) is 14.0. The van der Waals surface area contributed by atoms with Crippen LogP contribution < -0.4 is 16.8 Å². The molecular weight excluding hydrogens is 404 g/mol. The fraction of sp³-hybridized carbons (Fsp3) is 0.864. The lowest BCUT2D eigenvalue weighted by Crippen LogP contribution is -2.40. The number of aliphatic imine (C=N–C) groups is 1. The predicted octanol–water partition coefficient (Wildman–Crippen LogP) is 4.51. The molecule has 0 radical (unpaired) electrons. The lowest BCUT2D eigenvalue weighted by molar-refractivity contribution is -0.142. The van der Waals surface area contributed by atoms with Crippen molar-refractivity contribution in [1.29, 1.82) is 0 Å². The van der Waals surface area contributed by atoms with Gasteiger partial charge in [0.15, 0.2) is 5.96 Å². The van der Waals surface area contributed by atoms with Crippen molar-refractivity contribution >= 4 is 30.2 Å². The average Bonchev–Trinajstić information content (AvgIpc) is 2.67. The number of aliphatic carboxylic acids is 1. The highest BCUT2D eigenvalue weighted by molar-refractivity contribution is 5.85. The fourth-order valence-electron chi connectivity index (χ4n) is 3.33. The quantitative estimate of drug-likeness (QED) is 0.123. The molecule has 0 aliphatic rings. The van der Waals surface area contributed by atoms with Crippen molar-refractivity contribution in [3.8, 4) is 0 Å². The molecule has 0 spiro atoms. The molecule has 0 saturated carbocycles. The number of carbonyl (C=O) groups excluding carboxylic acids is 1. The first-order valence-corrected chi connectivity index (χ1v) is 11.5. The van der Waals surface area contributed by atoms with Crippen LogP contribution in [0, 0.1) is 0 Å². The van der Waals surface area contributed by atoms with Crippen LogP contribution in [0.5, 0.6) is 0 Å². The standard InChI is InChI=1S/C22H44N4O3.ClH/c1-2-3-4-5-6-7-8-9-10-11-12-13-14-17-20(27)26-19(21(28)29)16-15-18-25-22(23)24;/h19H,2-18H2,1H3,(H,26,27)(H,28,29)(H4,23,24,25);1H/t19-;/m0./s1. The summed E-state index contributed by atoms with van der Waals surface area (Å²) in [6, 6.07) is -0.876. The summed E-state index contributed by atoms with van der Waals surface area (Å²) in [4.78, 5) is 27.0. The van der Waals surface area contributed by atoms with Crippen molar-refractivity contribution in [1.82, 2.24) is 5.32 Å². The van der Waals surface area contributed by atoms with Crippen molar-refractivity contribution in [3.63, 3.8) is 0 Å². The van der Waals surface area contributed by atoms with Gasteiger partial charge in [-0.25, -0.2) is 4.79 Å². The summed E-state index contributed by atoms with van der Waals surface area (Å²) < 4.78 is 0. The predicted molar refractivity (Wildman–Crippen MR) is 127 cm³/mol. The Kier molecular flexibility index (Phi) is 22.7. The van der Waals surface area contributed by atoms with Gasteiger partial charge in [0.2, 0.25) is 5.91 Å². The number of amides is 1. The van der Waals surface area contributed by atoms with Crippen LogP contribution in [-0.4, -0.2) is 35.5 Å². The number of carboxylic acids is 1. The number of guanidine groups is 1. The second-order valence-corrected chi connectivity index (χ2v) is 7.90. The normalized spacial score (nSPS) is 11.4. The van der Waals surface area contributed by atoms with Gasteiger partial charge in [-0.1, -0.05) is 84.0 Å². The van der Waals surface area contributed by atoms with Crippen molar-refractivity contribution in [2.75, 3.05) is 6.54 Å². The molecule has 0 rings (SSSR count). The van der Waals surface area contributed by atoms with E-state index in [0.717, 1.165) is 19.3 Å². The van der Waals surface area contributed by atoms with Gasteiger partial charge in [0.25, 0.3) is 0 Å². The van der Waals surface area contributed by atoms with E-state index in [2.05, 4.69) is 17.2 Å². The smallest absolute Gasteiger partial charge is 0.326 e. The van der Waals surface area contributed by atoms with Crippen LogP contribution in [-0.2, 0) is 9.59 Å². The van der Waals surface area contributed by atoms with Gasteiger partial charge < -0.3 is 21.9 Å². The summed E-state index contributed by atoms with van der Waals surface area (Å²) in [5.41, 5.74) is 10.5. The Morgan fingerprint density at radius 1 is 0.833 bits per heavy atom. The Morgan fingerprint density at radius 3 is 1.73 bits per heavy atom. The van der Waals surface area contributed by atoms with Crippen LogP contribution in [0.25, 0.3) is 0 Å². The number of hydrogen-bond donors (Lipinski definition) is 4. The molecular formula is C22H45ClN4O3. The molecule has 1 atom stereocenters. The van der Waals surface area contributed by atoms with Crippen LogP contribution in [0.15, 0.2) is 4.99 Å². The van der Waals surface area contributed by atoms with E-state index in [-0.39, 0.29) is 24.3 Å². The number of hydrogen-bond acceptors (Lipinski definition) is 3. The Balaban J connectivity index is 0. The molecule has 0 aromatic rings. The number of nitrogens with two attached hydrogens (primary N) is 2. The molecule has 178 valence electrons. The Hall–Kier alpha value is -1.50. The zero-order chi connectivity index (χ0) is 21.7. The van der Waals surface area contributed by atoms with E-state index in [1.54, 1.807) is 0 Å². The molecule has 0 aromatic carbocycles. The van der Waals surface area contributed by atoms with Crippen molar-refractivity contribution in [3.05, 3.63) is 0 Å². The van der Waals surface area contributed by atoms with Crippen LogP contribution in [0.3, 0.4) is 0 Å². The maximum absolute atomic E-state index is 12.0. The third-order valence-electron chi connectivity index (χ3n) is 5.09. The molecule has 6 N–H and O–H groups in total. The SMILES string of the molecule is CCCCCCCCCCCCCCCC(=O)N[C@@H](CCCN=C(N)N)C(=O)O.Cl. The number of halogens is 1. The van der Waals surface area contributed by atoms with E-state index >= 15 is 0 Å². The molecule has 0 saturated heterocycles. The van der Waals surface area contributed by atoms with Gasteiger partial charge >= 0.3 is 5.97 Å². The zero-order valence-corrected chi connectivity index (χ0v) is 19.7. The molecule has 0 bridgehead atoms. The summed E-state index contributed by atoms with van der Waals surface area (Å²) in [5.74, 6) is -1.22. The van der Waals surface area contributed by atoms with E-state index in [0.29, 0.717) is 25.8 Å². The third kappa shape index (κ3) is 21.2. The van der Waals surface area contributed by atoms with Gasteiger partial charge in [-0.3, -0.25) is 9.79 Å². The summed E-state index contributed by atoms with van der Waals surface area (Å²) in [6.07, 6.45) is 17.5. The van der Waals surface area contributed by atoms with Crippen LogP contribution in [0.1, 0.15) is 110 Å². The summed E-state index contributed by atoms with van der Waals surface area (Å²) in [5, 5.41) is 11.8. The topological polar surface area (TPSA) is 131 Å². The molecule has 30 heavy (non-hydrogen) atoms. The minimum atomic E-state index is -1.02. The minimum absolute atomic E-state index is 0. The molecule has 8 heteroatoms. The Labute approximate surface area is 189 Å². The van der Waals surface area contributed by atoms with Crippen LogP contribution >= 0.6 is 12.4 Å². The molecule has 0 heterocycles. The van der Waals surface area contributed by atoms with Crippen molar-refractivity contribution < 1.29 is 14.7 Å². The number of nitrogens with one attached hydrogen (secondary N) is 1. The van der Waals surface area contributed by atoms with E-state index < -0.39 is 12.0 Å². The first-order valence-electron chi connectivity index (χ1n) is 11.5. The van der Waals surface area contributed by atoms with Gasteiger partial charge in [-0.2, -0.15) is 0 Å². The molecule has 0 unspecified atom stereocenters. The maximum Gasteiger partial charge on any atom is 0.326 e. The van der Waals surface area contributed by atoms with E-state index in [4.69, 9.17) is 11.5 Å². The van der Waals surface area contributed by atoms with Gasteiger partial charge in [0.1, 0.15) is 6.04 Å². The highest BCUT2D eigenvalue weighted by atomic mass is 35.5. The third-order valence-corrected chi connectivity index (χ3v) is 5.09. The molecule has 1 amide bonds. The second-order valence-electron chi connectivity index (χ2n) is 7.90. The number of nitrogens with zero attached hydrogens (tertiary/aromatic N) is 1. The maximum atomic E-state index is 12.0. The average molecular weight is 449 g/mol. The highest BCUT2D eigenvalue weighted by Gasteiger charge is 2.18. The van der Waals surface area contributed by atoms with Crippen LogP contribution in [0.4, 0.5) is 0 Å². The van der Waals surface area contributed by atoms with E-state index in [1.165, 1.54) is 64.2 Å². The largest absolute Gasteiger partial charge is 0.480 e. The minimum Gasteiger partial charge on any atom is -0.480 e. The van der Waals surface area contributed by atoms with Crippen molar-refractivity contribution in [2.24, 2.45) is 16.5 Å². The molecule has 0 aliphatic carbocycles. The number of rotatable bonds is 20. The lowest BCUT2D eigenvalue weighted by Gasteiger charge is -2.14. The van der Waals surface area contributed by atoms with Crippen LogP contribution in [0.2, 0.25) is 0 Å². The summed E-state index contributed by atoms with van der Waals surface area (Å²) in [6.45, 7) is 2.61. The molecule has 7 nitrogen and oxygen atoms in total. The summed E-state index contributed by atoms with van der Waals surface area (Å²) in [7, 11) is 0. The van der Waals surface area contributed by atoms with E-state index in [1.807, 2.05) is 0 Å². The lowest BCUT2D eigenvalue weighted by atomic mass is 10.0. The van der Waals surface area contributed by atoms with Gasteiger partial charge in [-0.05, 0) is 19.3 Å². The van der Waals surface area contributed by atoms with E-state index in [9.17, 15) is 14.7 Å². The van der Waals surface area contributed by atoms with Crippen molar-refractivity contribution in [2.45, 2.75) is 116 Å². The highest BCUT2D eigenvalue weighted by Crippen LogP contribution is 2.13. The number of carbonyl (C=O) groups is 2. The first kappa shape index (κ1) is 30.7. The molecule has 0 aromatic heterocycles. The van der Waals surface area contributed by atoms with Gasteiger partial charge in [0.05, 0.1) is 0 Å². The Bertz CT molecular complexity index is 458. The molecule has 0 fully saturated rings. The Morgan fingerprint density at radius 2 is 1.30 bits per heavy atom. The van der Waals surface area contributed by atoms with Gasteiger partial charge in [0, 0.05) is 13.0 Å². The summed E-state index contributed by atoms with van der Waals surface area (Å²) >= 11 is 0. The van der Waals surface area contributed by atoms with Gasteiger partial charge in [-0.15, -0.1) is 12.4 Å².